The fourth-order valence-corrected chi connectivity index (χ4v) is 1.47. The smallest absolute Gasteiger partial charge is 0.0181 e. The first-order chi connectivity index (χ1) is 3.43. The molecule has 0 aromatic rings. The van der Waals surface area contributed by atoms with Crippen molar-refractivity contribution in [3.05, 3.63) is 0 Å². The lowest BCUT2D eigenvalue weighted by Crippen LogP contribution is -2.09. The monoisotopic (exact) mass is 117 g/mol. The molecule has 1 fully saturated rings. The molecule has 2 heteroatoms. The summed E-state index contributed by atoms with van der Waals surface area (Å²) in [5, 5.41) is 4.21. The van der Waals surface area contributed by atoms with Crippen molar-refractivity contribution in [1.82, 2.24) is 5.32 Å². The number of hydrogen-bond donors (Lipinski definition) is 1. The Morgan fingerprint density at radius 2 is 2.57 bits per heavy atom. The molecule has 1 atom stereocenters. The van der Waals surface area contributed by atoms with Crippen molar-refractivity contribution in [2.75, 3.05) is 19.3 Å². The lowest BCUT2D eigenvalue weighted by atomic mass is 10.4. The number of thioether (sulfide) groups is 1. The number of nitrogens with one attached hydrogen (secondary N) is 1. The van der Waals surface area contributed by atoms with Crippen LogP contribution in [0.25, 0.3) is 0 Å². The first-order valence-corrected chi connectivity index (χ1v) is 3.96. The van der Waals surface area contributed by atoms with E-state index in [2.05, 4.69) is 11.6 Å². The lowest BCUT2D eigenvalue weighted by Gasteiger charge is -1.98. The molecule has 42 valence electrons. The Balaban J connectivity index is 2.14. The first kappa shape index (κ1) is 5.45. The van der Waals surface area contributed by atoms with Crippen LogP contribution in [-0.2, 0) is 0 Å². The van der Waals surface area contributed by atoms with Gasteiger partial charge in [0, 0.05) is 11.8 Å². The summed E-state index contributed by atoms with van der Waals surface area (Å²) in [5.74, 6) is 0. The molecule has 1 aliphatic rings. The van der Waals surface area contributed by atoms with Gasteiger partial charge in [-0.05, 0) is 19.2 Å². The van der Waals surface area contributed by atoms with Crippen LogP contribution in [-0.4, -0.2) is 24.6 Å². The maximum atomic E-state index is 3.30. The Hall–Kier alpha value is 0.310. The van der Waals surface area contributed by atoms with E-state index in [1.807, 2.05) is 11.8 Å². The van der Waals surface area contributed by atoms with E-state index in [-0.39, 0.29) is 0 Å². The van der Waals surface area contributed by atoms with Crippen molar-refractivity contribution in [3.8, 4) is 0 Å². The van der Waals surface area contributed by atoms with Crippen molar-refractivity contribution in [2.24, 2.45) is 0 Å². The molecule has 0 radical (unpaired) electrons. The normalized spacial score (nSPS) is 31.3. The van der Waals surface area contributed by atoms with Gasteiger partial charge in [0.1, 0.15) is 0 Å². The van der Waals surface area contributed by atoms with Crippen LogP contribution in [0.4, 0.5) is 0 Å². The van der Waals surface area contributed by atoms with E-state index in [0.29, 0.717) is 0 Å². The fourth-order valence-electron chi connectivity index (χ4n) is 0.829. The van der Waals surface area contributed by atoms with E-state index in [1.54, 1.807) is 0 Å². The zero-order chi connectivity index (χ0) is 5.11. The summed E-state index contributed by atoms with van der Waals surface area (Å²) in [6.45, 7) is 2.45. The summed E-state index contributed by atoms with van der Waals surface area (Å²) in [6.07, 6.45) is 3.54. The number of rotatable bonds is 1. The molecule has 0 aromatic carbocycles. The van der Waals surface area contributed by atoms with Crippen LogP contribution in [0.1, 0.15) is 6.42 Å². The zero-order valence-electron chi connectivity index (χ0n) is 4.61. The maximum Gasteiger partial charge on any atom is 0.0181 e. The van der Waals surface area contributed by atoms with E-state index >= 15 is 0 Å². The molecular weight excluding hydrogens is 106 g/mol. The standard InChI is InChI=1S/C5H11NS/c1-7-5-2-3-6-4-5/h5-6H,2-4H2,1H3/t5-/m1/s1. The minimum atomic E-state index is 0.903. The molecule has 0 saturated carbocycles. The van der Waals surface area contributed by atoms with Crippen LogP contribution < -0.4 is 5.32 Å². The third-order valence-corrected chi connectivity index (χ3v) is 2.42. The summed E-state index contributed by atoms with van der Waals surface area (Å²) in [7, 11) is 0. The molecule has 0 aromatic heterocycles. The third-order valence-electron chi connectivity index (χ3n) is 1.35. The van der Waals surface area contributed by atoms with Crippen molar-refractivity contribution in [1.29, 1.82) is 0 Å². The molecule has 0 spiro atoms. The van der Waals surface area contributed by atoms with E-state index in [4.69, 9.17) is 0 Å². The molecule has 0 unspecified atom stereocenters. The highest BCUT2D eigenvalue weighted by molar-refractivity contribution is 7.99. The van der Waals surface area contributed by atoms with Gasteiger partial charge < -0.3 is 5.32 Å². The molecule has 1 aliphatic heterocycles. The topological polar surface area (TPSA) is 12.0 Å². The van der Waals surface area contributed by atoms with Gasteiger partial charge >= 0.3 is 0 Å². The van der Waals surface area contributed by atoms with Gasteiger partial charge in [-0.3, -0.25) is 0 Å². The SMILES string of the molecule is CS[C@@H]1CCNC1. The fraction of sp³-hybridized carbons (Fsp3) is 1.00. The highest BCUT2D eigenvalue weighted by Crippen LogP contribution is 2.12. The minimum Gasteiger partial charge on any atom is -0.316 e. The highest BCUT2D eigenvalue weighted by atomic mass is 32.2. The molecule has 1 rings (SSSR count). The largest absolute Gasteiger partial charge is 0.316 e. The van der Waals surface area contributed by atoms with Crippen molar-refractivity contribution in [3.63, 3.8) is 0 Å². The van der Waals surface area contributed by atoms with Gasteiger partial charge in [0.15, 0.2) is 0 Å². The van der Waals surface area contributed by atoms with E-state index < -0.39 is 0 Å². The van der Waals surface area contributed by atoms with Crippen molar-refractivity contribution >= 4 is 11.8 Å². The predicted octanol–water partition coefficient (Wildman–Crippen LogP) is 0.711. The van der Waals surface area contributed by atoms with Crippen LogP contribution >= 0.6 is 11.8 Å². The van der Waals surface area contributed by atoms with Gasteiger partial charge in [0.2, 0.25) is 0 Å². The van der Waals surface area contributed by atoms with Crippen molar-refractivity contribution < 1.29 is 0 Å². The third kappa shape index (κ3) is 1.35. The van der Waals surface area contributed by atoms with E-state index in [0.717, 1.165) is 5.25 Å². The van der Waals surface area contributed by atoms with Gasteiger partial charge in [0.05, 0.1) is 0 Å². The second-order valence-corrected chi connectivity index (χ2v) is 2.99. The Labute approximate surface area is 48.9 Å². The van der Waals surface area contributed by atoms with E-state index in [9.17, 15) is 0 Å². The van der Waals surface area contributed by atoms with Crippen LogP contribution in [0.5, 0.6) is 0 Å². The zero-order valence-corrected chi connectivity index (χ0v) is 5.42. The molecule has 0 bridgehead atoms. The molecule has 1 N–H and O–H groups in total. The van der Waals surface area contributed by atoms with Gasteiger partial charge in [-0.15, -0.1) is 0 Å². The van der Waals surface area contributed by atoms with Gasteiger partial charge in [-0.2, -0.15) is 11.8 Å². The molecular formula is C5H11NS. The highest BCUT2D eigenvalue weighted by Gasteiger charge is 2.10. The number of hydrogen-bond acceptors (Lipinski definition) is 2. The average molecular weight is 117 g/mol. The van der Waals surface area contributed by atoms with E-state index in [1.165, 1.54) is 19.5 Å². The Morgan fingerprint density at radius 3 is 2.86 bits per heavy atom. The molecule has 0 aliphatic carbocycles. The van der Waals surface area contributed by atoms with Gasteiger partial charge in [0.25, 0.3) is 0 Å². The van der Waals surface area contributed by atoms with Crippen LogP contribution in [0, 0.1) is 0 Å². The summed E-state index contributed by atoms with van der Waals surface area (Å²) < 4.78 is 0. The summed E-state index contributed by atoms with van der Waals surface area (Å²) >= 11 is 1.97. The second kappa shape index (κ2) is 2.58. The van der Waals surface area contributed by atoms with Gasteiger partial charge in [-0.25, -0.2) is 0 Å². The molecule has 1 nitrogen and oxygen atoms in total. The summed E-state index contributed by atoms with van der Waals surface area (Å²) in [5.41, 5.74) is 0. The quantitative estimate of drug-likeness (QED) is 0.543. The minimum absolute atomic E-state index is 0.903. The van der Waals surface area contributed by atoms with Crippen LogP contribution in [0.15, 0.2) is 0 Å². The van der Waals surface area contributed by atoms with Gasteiger partial charge in [-0.1, -0.05) is 0 Å². The molecule has 1 heterocycles. The molecule has 0 amide bonds. The predicted molar refractivity (Wildman–Crippen MR) is 34.8 cm³/mol. The maximum absolute atomic E-state index is 3.30. The Morgan fingerprint density at radius 1 is 1.71 bits per heavy atom. The van der Waals surface area contributed by atoms with Crippen LogP contribution in [0.2, 0.25) is 0 Å². The Bertz CT molecular complexity index is 50.0. The summed E-state index contributed by atoms with van der Waals surface area (Å²) in [4.78, 5) is 0. The summed E-state index contributed by atoms with van der Waals surface area (Å²) in [6, 6.07) is 0. The Kier molecular flexibility index (Phi) is 2.00. The first-order valence-electron chi connectivity index (χ1n) is 2.67. The van der Waals surface area contributed by atoms with Crippen molar-refractivity contribution in [2.45, 2.75) is 11.7 Å². The molecule has 1 saturated heterocycles. The van der Waals surface area contributed by atoms with Crippen LogP contribution in [0.3, 0.4) is 0 Å². The average Bonchev–Trinajstić information content (AvgIpc) is 2.14. The second-order valence-electron chi connectivity index (χ2n) is 1.85. The molecule has 7 heavy (non-hydrogen) atoms. The lowest BCUT2D eigenvalue weighted by molar-refractivity contribution is 0.858.